The SMILES string of the molecule is CCc1nc(CN2C[C@@H](CC(=O)N(C)C)[C@@H](OC)C2)c(C)[nH]1. The molecule has 1 fully saturated rings. The van der Waals surface area contributed by atoms with Gasteiger partial charge in [0.25, 0.3) is 0 Å². The van der Waals surface area contributed by atoms with Crippen LogP contribution in [0.1, 0.15) is 30.6 Å². The normalized spacial score (nSPS) is 22.2. The number of nitrogens with zero attached hydrogens (tertiary/aromatic N) is 3. The molecule has 22 heavy (non-hydrogen) atoms. The number of aryl methyl sites for hydroxylation is 2. The summed E-state index contributed by atoms with van der Waals surface area (Å²) in [7, 11) is 5.34. The number of nitrogens with one attached hydrogen (secondary N) is 1. The zero-order chi connectivity index (χ0) is 16.3. The Morgan fingerprint density at radius 1 is 1.45 bits per heavy atom. The second kappa shape index (κ2) is 7.24. The molecule has 0 unspecified atom stereocenters. The van der Waals surface area contributed by atoms with E-state index < -0.39 is 0 Å². The maximum Gasteiger partial charge on any atom is 0.222 e. The molecule has 2 rings (SSSR count). The quantitative estimate of drug-likeness (QED) is 0.858. The third-order valence-electron chi connectivity index (χ3n) is 4.44. The second-order valence-electron chi connectivity index (χ2n) is 6.33. The molecule has 6 nitrogen and oxygen atoms in total. The van der Waals surface area contributed by atoms with Gasteiger partial charge in [-0.15, -0.1) is 0 Å². The van der Waals surface area contributed by atoms with Gasteiger partial charge in [0.15, 0.2) is 0 Å². The smallest absolute Gasteiger partial charge is 0.222 e. The highest BCUT2D eigenvalue weighted by atomic mass is 16.5. The molecule has 2 atom stereocenters. The lowest BCUT2D eigenvalue weighted by Gasteiger charge is -2.18. The van der Waals surface area contributed by atoms with E-state index in [0.29, 0.717) is 6.42 Å². The number of ether oxygens (including phenoxy) is 1. The van der Waals surface area contributed by atoms with Crippen molar-refractivity contribution in [3.8, 4) is 0 Å². The van der Waals surface area contributed by atoms with Crippen LogP contribution in [-0.2, 0) is 22.5 Å². The molecule has 0 saturated carbocycles. The van der Waals surface area contributed by atoms with E-state index in [1.807, 2.05) is 0 Å². The van der Waals surface area contributed by atoms with Crippen LogP contribution in [0.3, 0.4) is 0 Å². The fraction of sp³-hybridized carbons (Fsp3) is 0.750. The average Bonchev–Trinajstić information content (AvgIpc) is 3.02. The minimum Gasteiger partial charge on any atom is -0.380 e. The number of aromatic nitrogens is 2. The van der Waals surface area contributed by atoms with Crippen LogP contribution in [0.2, 0.25) is 0 Å². The Labute approximate surface area is 132 Å². The molecule has 1 N–H and O–H groups in total. The van der Waals surface area contributed by atoms with Gasteiger partial charge in [-0.1, -0.05) is 6.92 Å². The summed E-state index contributed by atoms with van der Waals surface area (Å²) in [5, 5.41) is 0. The van der Waals surface area contributed by atoms with Gasteiger partial charge < -0.3 is 14.6 Å². The minimum atomic E-state index is 0.119. The topological polar surface area (TPSA) is 61.5 Å². The van der Waals surface area contributed by atoms with Crippen LogP contribution in [0, 0.1) is 12.8 Å². The maximum atomic E-state index is 12.0. The summed E-state index contributed by atoms with van der Waals surface area (Å²) < 4.78 is 5.59. The largest absolute Gasteiger partial charge is 0.380 e. The monoisotopic (exact) mass is 308 g/mol. The molecule has 0 bridgehead atoms. The highest BCUT2D eigenvalue weighted by molar-refractivity contribution is 5.75. The minimum absolute atomic E-state index is 0.119. The average molecular weight is 308 g/mol. The highest BCUT2D eigenvalue weighted by Gasteiger charge is 2.34. The molecule has 0 aromatic carbocycles. The van der Waals surface area contributed by atoms with Gasteiger partial charge in [0.05, 0.1) is 11.8 Å². The van der Waals surface area contributed by atoms with E-state index in [1.165, 1.54) is 0 Å². The van der Waals surface area contributed by atoms with Gasteiger partial charge in [0, 0.05) is 65.3 Å². The Hall–Kier alpha value is -1.40. The van der Waals surface area contributed by atoms with Crippen molar-refractivity contribution in [3.05, 3.63) is 17.2 Å². The Bertz CT molecular complexity index is 512. The van der Waals surface area contributed by atoms with Crippen LogP contribution in [0.25, 0.3) is 0 Å². The number of carbonyl (C=O) groups excluding carboxylic acids is 1. The van der Waals surface area contributed by atoms with E-state index in [2.05, 4.69) is 28.7 Å². The van der Waals surface area contributed by atoms with E-state index in [-0.39, 0.29) is 17.9 Å². The number of likely N-dealkylation sites (tertiary alicyclic amines) is 1. The van der Waals surface area contributed by atoms with Gasteiger partial charge in [-0.25, -0.2) is 4.98 Å². The molecule has 1 amide bonds. The third kappa shape index (κ3) is 3.87. The second-order valence-corrected chi connectivity index (χ2v) is 6.33. The van der Waals surface area contributed by atoms with Crippen molar-refractivity contribution in [1.29, 1.82) is 0 Å². The number of imidazole rings is 1. The van der Waals surface area contributed by atoms with E-state index in [0.717, 1.165) is 43.3 Å². The van der Waals surface area contributed by atoms with Crippen LogP contribution in [0.5, 0.6) is 0 Å². The van der Waals surface area contributed by atoms with Crippen LogP contribution >= 0.6 is 0 Å². The molecule has 0 aliphatic carbocycles. The standard InChI is InChI=1S/C16H28N4O2/c1-6-15-17-11(2)13(18-15)9-20-8-12(14(10-20)22-5)7-16(21)19(3)4/h12,14H,6-10H2,1-5H3,(H,17,18)/t12-,14+/m1/s1. The Balaban J connectivity index is 1.98. The van der Waals surface area contributed by atoms with Crippen molar-refractivity contribution >= 4 is 5.91 Å². The summed E-state index contributed by atoms with van der Waals surface area (Å²) in [5.74, 6) is 1.46. The lowest BCUT2D eigenvalue weighted by atomic mass is 10.0. The fourth-order valence-electron chi connectivity index (χ4n) is 3.02. The maximum absolute atomic E-state index is 12.0. The van der Waals surface area contributed by atoms with Gasteiger partial charge in [0.2, 0.25) is 5.91 Å². The van der Waals surface area contributed by atoms with Crippen molar-refractivity contribution in [2.24, 2.45) is 5.92 Å². The zero-order valence-corrected chi connectivity index (χ0v) is 14.3. The number of H-pyrrole nitrogens is 1. The molecular formula is C16H28N4O2. The first-order valence-corrected chi connectivity index (χ1v) is 7.94. The molecule has 0 spiro atoms. The van der Waals surface area contributed by atoms with E-state index in [9.17, 15) is 4.79 Å². The van der Waals surface area contributed by atoms with Crippen LogP contribution in [-0.4, -0.2) is 66.1 Å². The summed E-state index contributed by atoms with van der Waals surface area (Å²) in [6.07, 6.45) is 1.58. The molecule has 1 saturated heterocycles. The number of amides is 1. The van der Waals surface area contributed by atoms with Crippen molar-refractivity contribution in [2.45, 2.75) is 39.3 Å². The summed E-state index contributed by atoms with van der Waals surface area (Å²) in [6.45, 7) is 6.72. The summed E-state index contributed by atoms with van der Waals surface area (Å²) >= 11 is 0. The van der Waals surface area contributed by atoms with Crippen LogP contribution in [0.15, 0.2) is 0 Å². The van der Waals surface area contributed by atoms with Gasteiger partial charge in [-0.2, -0.15) is 0 Å². The number of methoxy groups -OCH3 is 1. The number of hydrogen-bond donors (Lipinski definition) is 1. The van der Waals surface area contributed by atoms with Crippen molar-refractivity contribution in [3.63, 3.8) is 0 Å². The van der Waals surface area contributed by atoms with Crippen molar-refractivity contribution in [1.82, 2.24) is 19.8 Å². The number of hydrogen-bond acceptors (Lipinski definition) is 4. The number of rotatable bonds is 6. The Morgan fingerprint density at radius 2 is 2.18 bits per heavy atom. The predicted molar refractivity (Wildman–Crippen MR) is 85.6 cm³/mol. The lowest BCUT2D eigenvalue weighted by Crippen LogP contribution is -2.29. The van der Waals surface area contributed by atoms with Crippen molar-refractivity contribution < 1.29 is 9.53 Å². The first kappa shape index (κ1) is 17.0. The third-order valence-corrected chi connectivity index (χ3v) is 4.44. The van der Waals surface area contributed by atoms with Gasteiger partial charge in [0.1, 0.15) is 5.82 Å². The first-order chi connectivity index (χ1) is 10.4. The lowest BCUT2D eigenvalue weighted by molar-refractivity contribution is -0.130. The van der Waals surface area contributed by atoms with Gasteiger partial charge in [-0.05, 0) is 6.92 Å². The summed E-state index contributed by atoms with van der Waals surface area (Å²) in [6, 6.07) is 0. The zero-order valence-electron chi connectivity index (χ0n) is 14.3. The van der Waals surface area contributed by atoms with E-state index in [1.54, 1.807) is 26.1 Å². The highest BCUT2D eigenvalue weighted by Crippen LogP contribution is 2.25. The molecule has 1 aromatic rings. The molecule has 0 radical (unpaired) electrons. The molecule has 2 heterocycles. The van der Waals surface area contributed by atoms with Crippen molar-refractivity contribution in [2.75, 3.05) is 34.3 Å². The van der Waals surface area contributed by atoms with E-state index in [4.69, 9.17) is 4.74 Å². The number of carbonyl (C=O) groups is 1. The predicted octanol–water partition coefficient (Wildman–Crippen LogP) is 1.21. The molecular weight excluding hydrogens is 280 g/mol. The molecule has 1 aromatic heterocycles. The van der Waals surface area contributed by atoms with Gasteiger partial charge in [-0.3, -0.25) is 9.69 Å². The Kier molecular flexibility index (Phi) is 5.58. The van der Waals surface area contributed by atoms with Crippen LogP contribution < -0.4 is 0 Å². The molecule has 6 heteroatoms. The Morgan fingerprint density at radius 3 is 2.73 bits per heavy atom. The molecule has 1 aliphatic heterocycles. The molecule has 124 valence electrons. The van der Waals surface area contributed by atoms with Crippen LogP contribution in [0.4, 0.5) is 0 Å². The number of aromatic amines is 1. The first-order valence-electron chi connectivity index (χ1n) is 7.94. The van der Waals surface area contributed by atoms with E-state index >= 15 is 0 Å². The molecule has 1 aliphatic rings. The van der Waals surface area contributed by atoms with Gasteiger partial charge >= 0.3 is 0 Å². The summed E-state index contributed by atoms with van der Waals surface area (Å²) in [5.41, 5.74) is 2.24. The summed E-state index contributed by atoms with van der Waals surface area (Å²) in [4.78, 5) is 23.9. The fourth-order valence-corrected chi connectivity index (χ4v) is 3.02.